The largest absolute Gasteiger partial charge is 0.325 e. The number of non-ortho nitro benzene ring substituents is 1. The summed E-state index contributed by atoms with van der Waals surface area (Å²) in [6.45, 7) is 1.70. The molecule has 0 bridgehead atoms. The Morgan fingerprint density at radius 1 is 0.870 bits per heavy atom. The SMILES string of the molecule is Cc1cc([N+](=O)[O-])ccc1NC(=O)C(Sc1ccc(NC(=O)/C(=C/c2ccsc2)NC(=O)c2ccccc2)cc1)c1ccccc1. The number of thiophene rings is 1. The molecule has 3 amide bonds. The number of hydrogen-bond acceptors (Lipinski definition) is 7. The Kier molecular flexibility index (Phi) is 10.4. The standard InChI is InChI=1S/C35H28N4O5S2/c1-23-20-28(39(43)44)14-17-30(23)37-35(42)32(25-8-4-2-5-9-25)46-29-15-12-27(13-16-29)36-34(41)31(21-24-18-19-45-22-24)38-33(40)26-10-6-3-7-11-26/h2-22,32H,1H3,(H,36,41)(H,37,42)(H,38,40)/b31-21-. The van der Waals surface area contributed by atoms with Crippen molar-refractivity contribution in [2.24, 2.45) is 0 Å². The van der Waals surface area contributed by atoms with E-state index in [-0.39, 0.29) is 17.3 Å². The average Bonchev–Trinajstić information content (AvgIpc) is 3.59. The molecule has 1 aromatic heterocycles. The Labute approximate surface area is 273 Å². The number of thioether (sulfide) groups is 1. The van der Waals surface area contributed by atoms with E-state index in [1.165, 1.54) is 41.3 Å². The summed E-state index contributed by atoms with van der Waals surface area (Å²) in [6, 6.07) is 31.1. The first kappa shape index (κ1) is 31.9. The van der Waals surface area contributed by atoms with Crippen molar-refractivity contribution in [3.05, 3.63) is 158 Å². The molecule has 0 aliphatic carbocycles. The number of hydrogen-bond donors (Lipinski definition) is 3. The molecule has 1 unspecified atom stereocenters. The summed E-state index contributed by atoms with van der Waals surface area (Å²) in [5.74, 6) is -1.18. The molecule has 0 aliphatic heterocycles. The van der Waals surface area contributed by atoms with E-state index in [9.17, 15) is 24.5 Å². The zero-order valence-corrected chi connectivity index (χ0v) is 26.1. The Morgan fingerprint density at radius 2 is 1.57 bits per heavy atom. The number of nitrogens with one attached hydrogen (secondary N) is 3. The van der Waals surface area contributed by atoms with Crippen LogP contribution in [0.4, 0.5) is 17.1 Å². The number of anilines is 2. The van der Waals surface area contributed by atoms with Gasteiger partial charge in [-0.2, -0.15) is 11.3 Å². The third kappa shape index (κ3) is 8.35. The van der Waals surface area contributed by atoms with E-state index in [0.29, 0.717) is 22.5 Å². The minimum Gasteiger partial charge on any atom is -0.325 e. The van der Waals surface area contributed by atoms with Gasteiger partial charge in [0, 0.05) is 34.0 Å². The van der Waals surface area contributed by atoms with Crippen molar-refractivity contribution in [1.29, 1.82) is 0 Å². The molecule has 5 aromatic rings. The van der Waals surface area contributed by atoms with Gasteiger partial charge in [0.1, 0.15) is 10.9 Å². The fourth-order valence-electron chi connectivity index (χ4n) is 4.42. The van der Waals surface area contributed by atoms with Crippen LogP contribution in [-0.2, 0) is 9.59 Å². The van der Waals surface area contributed by atoms with E-state index in [0.717, 1.165) is 16.0 Å². The number of nitro groups is 1. The molecule has 0 spiro atoms. The van der Waals surface area contributed by atoms with Crippen molar-refractivity contribution in [2.45, 2.75) is 17.1 Å². The monoisotopic (exact) mass is 648 g/mol. The van der Waals surface area contributed by atoms with Gasteiger partial charge in [-0.05, 0) is 89.0 Å². The smallest absolute Gasteiger partial charge is 0.272 e. The van der Waals surface area contributed by atoms with Gasteiger partial charge in [0.05, 0.1) is 4.92 Å². The van der Waals surface area contributed by atoms with E-state index >= 15 is 0 Å². The molecule has 0 radical (unpaired) electrons. The molecule has 1 atom stereocenters. The summed E-state index contributed by atoms with van der Waals surface area (Å²) in [7, 11) is 0. The number of carbonyl (C=O) groups is 3. The molecule has 0 aliphatic rings. The summed E-state index contributed by atoms with van der Waals surface area (Å²) < 4.78 is 0. The van der Waals surface area contributed by atoms with E-state index in [4.69, 9.17) is 0 Å². The number of nitrogens with zero attached hydrogens (tertiary/aromatic N) is 1. The van der Waals surface area contributed by atoms with E-state index in [1.54, 1.807) is 61.5 Å². The number of benzene rings is 4. The van der Waals surface area contributed by atoms with E-state index in [1.807, 2.05) is 53.2 Å². The van der Waals surface area contributed by atoms with Gasteiger partial charge in [0.15, 0.2) is 0 Å². The second-order valence-corrected chi connectivity index (χ2v) is 12.0. The Balaban J connectivity index is 1.31. The first-order valence-corrected chi connectivity index (χ1v) is 15.9. The molecule has 4 aromatic carbocycles. The third-order valence-corrected chi connectivity index (χ3v) is 8.74. The normalized spacial score (nSPS) is 11.7. The summed E-state index contributed by atoms with van der Waals surface area (Å²) >= 11 is 2.80. The van der Waals surface area contributed by atoms with Crippen molar-refractivity contribution < 1.29 is 19.3 Å². The van der Waals surface area contributed by atoms with Crippen LogP contribution in [0, 0.1) is 17.0 Å². The number of carbonyl (C=O) groups excluding carboxylic acids is 3. The van der Waals surface area contributed by atoms with Crippen LogP contribution in [0.25, 0.3) is 6.08 Å². The highest BCUT2D eigenvalue weighted by Gasteiger charge is 2.23. The molecule has 11 heteroatoms. The lowest BCUT2D eigenvalue weighted by molar-refractivity contribution is -0.384. The number of nitro benzene ring substituents is 1. The molecule has 1 heterocycles. The van der Waals surface area contributed by atoms with Gasteiger partial charge in [0.2, 0.25) is 5.91 Å². The van der Waals surface area contributed by atoms with Crippen LogP contribution in [0.15, 0.2) is 131 Å². The maximum absolute atomic E-state index is 13.5. The lowest BCUT2D eigenvalue weighted by Crippen LogP contribution is -2.30. The van der Waals surface area contributed by atoms with Crippen LogP contribution in [-0.4, -0.2) is 22.6 Å². The predicted molar refractivity (Wildman–Crippen MR) is 183 cm³/mol. The Bertz CT molecular complexity index is 1880. The van der Waals surface area contributed by atoms with Gasteiger partial charge in [-0.3, -0.25) is 24.5 Å². The molecule has 0 saturated carbocycles. The topological polar surface area (TPSA) is 130 Å². The zero-order valence-electron chi connectivity index (χ0n) is 24.5. The van der Waals surface area contributed by atoms with Crippen molar-refractivity contribution in [2.75, 3.05) is 10.6 Å². The second-order valence-electron chi connectivity index (χ2n) is 10.1. The van der Waals surface area contributed by atoms with Gasteiger partial charge in [-0.25, -0.2) is 0 Å². The van der Waals surface area contributed by atoms with Crippen LogP contribution in [0.1, 0.15) is 32.3 Å². The van der Waals surface area contributed by atoms with Crippen molar-refractivity contribution in [3.8, 4) is 0 Å². The average molecular weight is 649 g/mol. The lowest BCUT2D eigenvalue weighted by Gasteiger charge is -2.18. The van der Waals surface area contributed by atoms with Crippen LogP contribution in [0.5, 0.6) is 0 Å². The van der Waals surface area contributed by atoms with Crippen LogP contribution < -0.4 is 16.0 Å². The first-order valence-electron chi connectivity index (χ1n) is 14.1. The summed E-state index contributed by atoms with van der Waals surface area (Å²) in [5, 5.41) is 22.7. The molecule has 46 heavy (non-hydrogen) atoms. The van der Waals surface area contributed by atoms with Crippen molar-refractivity contribution in [3.63, 3.8) is 0 Å². The van der Waals surface area contributed by atoms with Gasteiger partial charge in [0.25, 0.3) is 17.5 Å². The fourth-order valence-corrected chi connectivity index (χ4v) is 6.06. The molecule has 0 saturated heterocycles. The maximum atomic E-state index is 13.5. The number of amides is 3. The third-order valence-electron chi connectivity index (χ3n) is 6.77. The quantitative estimate of drug-likeness (QED) is 0.0579. The highest BCUT2D eigenvalue weighted by atomic mass is 32.2. The lowest BCUT2D eigenvalue weighted by atomic mass is 10.1. The predicted octanol–water partition coefficient (Wildman–Crippen LogP) is 7.85. The van der Waals surface area contributed by atoms with Crippen molar-refractivity contribution >= 4 is 64.0 Å². The van der Waals surface area contributed by atoms with Crippen LogP contribution in [0.3, 0.4) is 0 Å². The molecule has 5 rings (SSSR count). The molecule has 9 nitrogen and oxygen atoms in total. The zero-order chi connectivity index (χ0) is 32.5. The van der Waals surface area contributed by atoms with Gasteiger partial charge < -0.3 is 16.0 Å². The first-order chi connectivity index (χ1) is 22.3. The summed E-state index contributed by atoms with van der Waals surface area (Å²) in [4.78, 5) is 51.1. The summed E-state index contributed by atoms with van der Waals surface area (Å²) in [5.41, 5.74) is 3.59. The van der Waals surface area contributed by atoms with E-state index in [2.05, 4.69) is 16.0 Å². The molecular weight excluding hydrogens is 621 g/mol. The fraction of sp³-hybridized carbons (Fsp3) is 0.0571. The minimum absolute atomic E-state index is 0.0516. The highest BCUT2D eigenvalue weighted by molar-refractivity contribution is 8.00. The maximum Gasteiger partial charge on any atom is 0.272 e. The molecular formula is C35H28N4O5S2. The van der Waals surface area contributed by atoms with Gasteiger partial charge in [-0.15, -0.1) is 11.8 Å². The molecule has 3 N–H and O–H groups in total. The van der Waals surface area contributed by atoms with Crippen molar-refractivity contribution in [1.82, 2.24) is 5.32 Å². The second kappa shape index (κ2) is 15.0. The van der Waals surface area contributed by atoms with Gasteiger partial charge >= 0.3 is 0 Å². The highest BCUT2D eigenvalue weighted by Crippen LogP contribution is 2.37. The number of rotatable bonds is 11. The van der Waals surface area contributed by atoms with Crippen LogP contribution >= 0.6 is 23.1 Å². The number of aryl methyl sites for hydroxylation is 1. The van der Waals surface area contributed by atoms with Crippen LogP contribution in [0.2, 0.25) is 0 Å². The van der Waals surface area contributed by atoms with E-state index < -0.39 is 22.0 Å². The Morgan fingerprint density at radius 3 is 2.20 bits per heavy atom. The Hall–Kier alpha value is -5.52. The minimum atomic E-state index is -0.635. The molecule has 0 fully saturated rings. The molecule has 230 valence electrons. The van der Waals surface area contributed by atoms with Gasteiger partial charge in [-0.1, -0.05) is 48.5 Å². The summed E-state index contributed by atoms with van der Waals surface area (Å²) in [6.07, 6.45) is 1.62.